The molecule has 1 fully saturated rings. The molecule has 0 atom stereocenters. The molecule has 0 radical (unpaired) electrons. The molecule has 1 saturated heterocycles. The van der Waals surface area contributed by atoms with Crippen LogP contribution in [0, 0.1) is 0 Å². The fraction of sp³-hybridized carbons (Fsp3) is 0.267. The van der Waals surface area contributed by atoms with Crippen LogP contribution in [0.5, 0.6) is 0 Å². The maximum atomic E-state index is 13.3. The molecule has 188 valence electrons. The van der Waals surface area contributed by atoms with Gasteiger partial charge in [-0.2, -0.15) is 0 Å². The average molecular weight is 495 g/mol. The number of hydrogen-bond acceptors (Lipinski definition) is 5. The van der Waals surface area contributed by atoms with Crippen LogP contribution in [-0.4, -0.2) is 58.0 Å². The number of unbranched alkanes of at least 4 members (excludes halogenated alkanes) is 1. The molecule has 37 heavy (non-hydrogen) atoms. The van der Waals surface area contributed by atoms with E-state index in [2.05, 4.69) is 17.0 Å². The van der Waals surface area contributed by atoms with Gasteiger partial charge in [-0.3, -0.25) is 9.59 Å². The van der Waals surface area contributed by atoms with E-state index >= 15 is 0 Å². The third-order valence-electron chi connectivity index (χ3n) is 6.77. The number of carbonyl (C=O) groups excluding carboxylic acids is 1. The van der Waals surface area contributed by atoms with Gasteiger partial charge in [0.05, 0.1) is 22.4 Å². The first kappa shape index (κ1) is 24.4. The van der Waals surface area contributed by atoms with E-state index in [1.165, 1.54) is 5.69 Å². The normalized spacial score (nSPS) is 13.6. The highest BCUT2D eigenvalue weighted by Gasteiger charge is 2.23. The van der Waals surface area contributed by atoms with E-state index in [1.54, 1.807) is 0 Å². The topological polar surface area (TPSA) is 86.6 Å². The smallest absolute Gasteiger partial charge is 0.303 e. The summed E-state index contributed by atoms with van der Waals surface area (Å²) in [7, 11) is 0. The van der Waals surface area contributed by atoms with Crippen molar-refractivity contribution < 1.29 is 14.7 Å². The summed E-state index contributed by atoms with van der Waals surface area (Å²) in [5.41, 5.74) is 5.81. The van der Waals surface area contributed by atoms with E-state index in [0.717, 1.165) is 35.6 Å². The Morgan fingerprint density at radius 1 is 0.784 bits per heavy atom. The molecule has 0 aliphatic carbocycles. The Balaban J connectivity index is 1.36. The SMILES string of the molecule is O=C(O)CCCCc1nc2cc(C(=O)N3CCN(c4ccccc4)CC3)ccc2nc1-c1ccccc1. The van der Waals surface area contributed by atoms with Crippen LogP contribution in [0.3, 0.4) is 0 Å². The Labute approximate surface area is 216 Å². The van der Waals surface area contributed by atoms with Crippen molar-refractivity contribution in [2.45, 2.75) is 25.7 Å². The zero-order chi connectivity index (χ0) is 25.6. The van der Waals surface area contributed by atoms with Gasteiger partial charge in [-0.15, -0.1) is 0 Å². The van der Waals surface area contributed by atoms with E-state index in [9.17, 15) is 9.59 Å². The highest BCUT2D eigenvalue weighted by atomic mass is 16.4. The number of amides is 1. The molecule has 1 aliphatic rings. The van der Waals surface area contributed by atoms with Gasteiger partial charge in [0.2, 0.25) is 0 Å². The Morgan fingerprint density at radius 2 is 1.49 bits per heavy atom. The molecule has 4 aromatic rings. The van der Waals surface area contributed by atoms with Crippen LogP contribution in [0.4, 0.5) is 5.69 Å². The lowest BCUT2D eigenvalue weighted by Gasteiger charge is -2.36. The van der Waals surface area contributed by atoms with Crippen LogP contribution in [0.15, 0.2) is 78.9 Å². The first-order valence-corrected chi connectivity index (χ1v) is 12.8. The highest BCUT2D eigenvalue weighted by Crippen LogP contribution is 2.26. The molecule has 1 aromatic heterocycles. The number of carboxylic acid groups (broad SMARTS) is 1. The van der Waals surface area contributed by atoms with Gasteiger partial charge in [-0.1, -0.05) is 48.5 Å². The van der Waals surface area contributed by atoms with E-state index in [1.807, 2.05) is 71.6 Å². The molecule has 0 spiro atoms. The first-order chi connectivity index (χ1) is 18.1. The van der Waals surface area contributed by atoms with Crippen molar-refractivity contribution >= 4 is 28.6 Å². The second-order valence-electron chi connectivity index (χ2n) is 9.30. The standard InChI is InChI=1S/C30H30N4O3/c35-28(36)14-8-7-13-26-29(22-9-3-1-4-10-22)32-25-16-15-23(21-27(25)31-26)30(37)34-19-17-33(18-20-34)24-11-5-2-6-12-24/h1-6,9-12,15-16,21H,7-8,13-14,17-20H2,(H,35,36). The lowest BCUT2D eigenvalue weighted by Crippen LogP contribution is -2.48. The number of para-hydroxylation sites is 1. The van der Waals surface area contributed by atoms with E-state index < -0.39 is 5.97 Å². The monoisotopic (exact) mass is 494 g/mol. The molecule has 5 rings (SSSR count). The molecule has 3 aromatic carbocycles. The summed E-state index contributed by atoms with van der Waals surface area (Å²) < 4.78 is 0. The van der Waals surface area contributed by atoms with E-state index in [-0.39, 0.29) is 12.3 Å². The van der Waals surface area contributed by atoms with Crippen molar-refractivity contribution in [3.63, 3.8) is 0 Å². The van der Waals surface area contributed by atoms with Gasteiger partial charge >= 0.3 is 5.97 Å². The van der Waals surface area contributed by atoms with Gasteiger partial charge < -0.3 is 14.9 Å². The maximum absolute atomic E-state index is 13.3. The summed E-state index contributed by atoms with van der Waals surface area (Å²) in [4.78, 5) is 38.3. The lowest BCUT2D eigenvalue weighted by molar-refractivity contribution is -0.137. The minimum Gasteiger partial charge on any atom is -0.481 e. The van der Waals surface area contributed by atoms with Crippen molar-refractivity contribution in [2.75, 3.05) is 31.1 Å². The van der Waals surface area contributed by atoms with Gasteiger partial charge in [0.15, 0.2) is 0 Å². The second kappa shape index (κ2) is 11.2. The molecular weight excluding hydrogens is 464 g/mol. The van der Waals surface area contributed by atoms with Crippen LogP contribution >= 0.6 is 0 Å². The van der Waals surface area contributed by atoms with Crippen molar-refractivity contribution in [2.24, 2.45) is 0 Å². The largest absolute Gasteiger partial charge is 0.481 e. The Bertz CT molecular complexity index is 1380. The van der Waals surface area contributed by atoms with Crippen molar-refractivity contribution in [3.8, 4) is 11.3 Å². The molecule has 2 heterocycles. The summed E-state index contributed by atoms with van der Waals surface area (Å²) in [6.07, 6.45) is 2.05. The minimum absolute atomic E-state index is 0.00607. The number of anilines is 1. The van der Waals surface area contributed by atoms with Crippen LogP contribution in [-0.2, 0) is 11.2 Å². The molecule has 1 amide bonds. The van der Waals surface area contributed by atoms with Crippen molar-refractivity contribution in [3.05, 3.63) is 90.1 Å². The zero-order valence-electron chi connectivity index (χ0n) is 20.7. The summed E-state index contributed by atoms with van der Waals surface area (Å²) in [5, 5.41) is 8.98. The number of aryl methyl sites for hydroxylation is 1. The number of aromatic nitrogens is 2. The molecule has 7 nitrogen and oxygen atoms in total. The van der Waals surface area contributed by atoms with Crippen LogP contribution in [0.2, 0.25) is 0 Å². The quantitative estimate of drug-likeness (QED) is 0.345. The average Bonchev–Trinajstić information content (AvgIpc) is 2.95. The fourth-order valence-corrected chi connectivity index (χ4v) is 4.78. The third kappa shape index (κ3) is 5.77. The summed E-state index contributed by atoms with van der Waals surface area (Å²) >= 11 is 0. The van der Waals surface area contributed by atoms with Crippen LogP contribution < -0.4 is 4.90 Å². The van der Waals surface area contributed by atoms with Gasteiger partial charge in [-0.25, -0.2) is 9.97 Å². The molecule has 1 aliphatic heterocycles. The Hall–Kier alpha value is -4.26. The van der Waals surface area contributed by atoms with Crippen LogP contribution in [0.1, 0.15) is 35.3 Å². The summed E-state index contributed by atoms with van der Waals surface area (Å²) in [6.45, 7) is 2.92. The number of rotatable bonds is 8. The number of carboxylic acids is 1. The van der Waals surface area contributed by atoms with Gasteiger partial charge in [0.1, 0.15) is 0 Å². The predicted molar refractivity (Wildman–Crippen MR) is 145 cm³/mol. The number of fused-ring (bicyclic) bond motifs is 1. The maximum Gasteiger partial charge on any atom is 0.303 e. The lowest BCUT2D eigenvalue weighted by atomic mass is 10.0. The fourth-order valence-electron chi connectivity index (χ4n) is 4.78. The molecule has 0 bridgehead atoms. The van der Waals surface area contributed by atoms with E-state index in [4.69, 9.17) is 15.1 Å². The minimum atomic E-state index is -0.791. The third-order valence-corrected chi connectivity index (χ3v) is 6.77. The highest BCUT2D eigenvalue weighted by molar-refractivity contribution is 5.97. The van der Waals surface area contributed by atoms with Gasteiger partial charge in [0, 0.05) is 49.4 Å². The molecule has 0 saturated carbocycles. The van der Waals surface area contributed by atoms with Crippen LogP contribution in [0.25, 0.3) is 22.3 Å². The molecule has 0 unspecified atom stereocenters. The number of benzene rings is 3. The zero-order valence-corrected chi connectivity index (χ0v) is 20.7. The number of nitrogens with zero attached hydrogens (tertiary/aromatic N) is 4. The van der Waals surface area contributed by atoms with Gasteiger partial charge in [-0.05, 0) is 49.6 Å². The molecular formula is C30H30N4O3. The Morgan fingerprint density at radius 3 is 2.19 bits per heavy atom. The summed E-state index contributed by atoms with van der Waals surface area (Å²) in [5.74, 6) is -0.785. The number of carbonyl (C=O) groups is 2. The second-order valence-corrected chi connectivity index (χ2v) is 9.30. The van der Waals surface area contributed by atoms with E-state index in [0.29, 0.717) is 43.4 Å². The van der Waals surface area contributed by atoms with Crippen molar-refractivity contribution in [1.82, 2.24) is 14.9 Å². The van der Waals surface area contributed by atoms with Crippen molar-refractivity contribution in [1.29, 1.82) is 0 Å². The first-order valence-electron chi connectivity index (χ1n) is 12.8. The molecule has 1 N–H and O–H groups in total. The number of aliphatic carboxylic acids is 1. The predicted octanol–water partition coefficient (Wildman–Crippen LogP) is 5.06. The number of hydrogen-bond donors (Lipinski definition) is 1. The Kier molecular flexibility index (Phi) is 7.40. The molecule has 7 heteroatoms. The summed E-state index contributed by atoms with van der Waals surface area (Å²) in [6, 6.07) is 25.7. The number of piperazine rings is 1. The van der Waals surface area contributed by atoms with Gasteiger partial charge in [0.25, 0.3) is 5.91 Å².